The Kier molecular flexibility index (Phi) is 10.2. The second-order valence-electron chi connectivity index (χ2n) is 9.37. The molecule has 0 radical (unpaired) electrons. The van der Waals surface area contributed by atoms with Gasteiger partial charge in [0.15, 0.2) is 0 Å². The highest BCUT2D eigenvalue weighted by molar-refractivity contribution is 6.30. The number of ether oxygens (including phenoxy) is 2. The van der Waals surface area contributed by atoms with Crippen LogP contribution in [-0.4, -0.2) is 54.8 Å². The molecule has 1 heterocycles. The molecule has 0 atom stereocenters. The van der Waals surface area contributed by atoms with Crippen molar-refractivity contribution in [1.82, 2.24) is 14.9 Å². The van der Waals surface area contributed by atoms with Crippen molar-refractivity contribution >= 4 is 23.2 Å². The van der Waals surface area contributed by atoms with Crippen molar-refractivity contribution in [3.63, 3.8) is 0 Å². The summed E-state index contributed by atoms with van der Waals surface area (Å²) < 4.78 is 11.9. The number of hydrogen-bond acceptors (Lipinski definition) is 6. The minimum Gasteiger partial charge on any atom is -0.493 e. The Balaban J connectivity index is 1.37. The van der Waals surface area contributed by atoms with E-state index in [4.69, 9.17) is 26.1 Å². The van der Waals surface area contributed by atoms with Gasteiger partial charge in [0.2, 0.25) is 5.95 Å². The molecule has 39 heavy (non-hydrogen) atoms. The number of benzene rings is 3. The summed E-state index contributed by atoms with van der Waals surface area (Å²) in [5.41, 5.74) is 4.97. The van der Waals surface area contributed by atoms with Crippen molar-refractivity contribution in [1.29, 1.82) is 0 Å². The Bertz CT molecular complexity index is 1310. The second kappa shape index (κ2) is 14.0. The van der Waals surface area contributed by atoms with Gasteiger partial charge in [-0.2, -0.15) is 0 Å². The molecule has 4 aromatic rings. The Morgan fingerprint density at radius 2 is 1.38 bits per heavy atom. The van der Waals surface area contributed by atoms with Crippen molar-refractivity contribution in [3.05, 3.63) is 95.1 Å². The highest BCUT2D eigenvalue weighted by Crippen LogP contribution is 2.27. The second-order valence-corrected chi connectivity index (χ2v) is 9.81. The molecule has 7 heteroatoms. The van der Waals surface area contributed by atoms with Crippen molar-refractivity contribution in [2.24, 2.45) is 0 Å². The molecule has 1 aromatic heterocycles. The van der Waals surface area contributed by atoms with Crippen LogP contribution in [0.25, 0.3) is 11.3 Å². The van der Waals surface area contributed by atoms with Crippen LogP contribution in [-0.2, 0) is 6.42 Å². The number of hydrogen-bond donors (Lipinski definition) is 0. The molecule has 0 N–H and O–H groups in total. The standard InChI is InChI=1S/C32H37ClN4O2/c1-5-37(6-2)20-22-39-30-17-13-28(14-18-30)36(4)32-34-24(3)23-31(35-32)26-9-15-29(16-10-26)38-21-19-25-7-11-27(33)12-8-25/h7-18,23H,5-6,19-22H2,1-4H3. The van der Waals surface area contributed by atoms with E-state index in [1.165, 1.54) is 5.56 Å². The number of nitrogens with zero attached hydrogens (tertiary/aromatic N) is 4. The van der Waals surface area contributed by atoms with E-state index >= 15 is 0 Å². The van der Waals surface area contributed by atoms with E-state index in [-0.39, 0.29) is 0 Å². The highest BCUT2D eigenvalue weighted by Gasteiger charge is 2.12. The first-order chi connectivity index (χ1) is 18.9. The number of rotatable bonds is 13. The topological polar surface area (TPSA) is 50.7 Å². The monoisotopic (exact) mass is 544 g/mol. The smallest absolute Gasteiger partial charge is 0.230 e. The molecule has 0 saturated heterocycles. The third-order valence-corrected chi connectivity index (χ3v) is 6.91. The first-order valence-corrected chi connectivity index (χ1v) is 13.8. The van der Waals surface area contributed by atoms with Crippen molar-refractivity contribution in [2.45, 2.75) is 27.2 Å². The summed E-state index contributed by atoms with van der Waals surface area (Å²) in [6.07, 6.45) is 0.823. The van der Waals surface area contributed by atoms with Crippen LogP contribution in [0.3, 0.4) is 0 Å². The van der Waals surface area contributed by atoms with Crippen molar-refractivity contribution < 1.29 is 9.47 Å². The van der Waals surface area contributed by atoms with E-state index in [1.807, 2.05) is 97.7 Å². The maximum Gasteiger partial charge on any atom is 0.230 e. The van der Waals surface area contributed by atoms with Gasteiger partial charge >= 0.3 is 0 Å². The Morgan fingerprint density at radius 3 is 2.03 bits per heavy atom. The molecule has 0 aliphatic carbocycles. The number of aryl methyl sites for hydroxylation is 1. The van der Waals surface area contributed by atoms with Crippen LogP contribution in [0.15, 0.2) is 78.9 Å². The Morgan fingerprint density at radius 1 is 0.769 bits per heavy atom. The van der Waals surface area contributed by atoms with Gasteiger partial charge in [0.25, 0.3) is 0 Å². The number of halogens is 1. The van der Waals surface area contributed by atoms with Crippen LogP contribution in [0.1, 0.15) is 25.1 Å². The normalized spacial score (nSPS) is 11.0. The van der Waals surface area contributed by atoms with E-state index < -0.39 is 0 Å². The zero-order valence-electron chi connectivity index (χ0n) is 23.2. The van der Waals surface area contributed by atoms with Gasteiger partial charge in [-0.15, -0.1) is 0 Å². The van der Waals surface area contributed by atoms with Crippen molar-refractivity contribution in [3.8, 4) is 22.8 Å². The molecule has 0 aliphatic rings. The predicted molar refractivity (Wildman–Crippen MR) is 161 cm³/mol. The summed E-state index contributed by atoms with van der Waals surface area (Å²) in [6.45, 7) is 10.6. The largest absolute Gasteiger partial charge is 0.493 e. The third kappa shape index (κ3) is 8.19. The molecule has 0 saturated carbocycles. The summed E-state index contributed by atoms with van der Waals surface area (Å²) in [5.74, 6) is 2.33. The molecule has 6 nitrogen and oxygen atoms in total. The third-order valence-electron chi connectivity index (χ3n) is 6.66. The lowest BCUT2D eigenvalue weighted by Crippen LogP contribution is -2.27. The zero-order chi connectivity index (χ0) is 27.6. The maximum atomic E-state index is 5.96. The lowest BCUT2D eigenvalue weighted by Gasteiger charge is -2.20. The lowest BCUT2D eigenvalue weighted by atomic mass is 10.1. The quantitative estimate of drug-likeness (QED) is 0.177. The molecule has 0 fully saturated rings. The average molecular weight is 545 g/mol. The molecule has 0 spiro atoms. The van der Waals surface area contributed by atoms with Crippen LogP contribution < -0.4 is 14.4 Å². The summed E-state index contributed by atoms with van der Waals surface area (Å²) in [4.78, 5) is 13.9. The minimum absolute atomic E-state index is 0.599. The van der Waals surface area contributed by atoms with Crippen LogP contribution >= 0.6 is 11.6 Å². The van der Waals surface area contributed by atoms with E-state index in [0.29, 0.717) is 19.2 Å². The SMILES string of the molecule is CCN(CC)CCOc1ccc(N(C)c2nc(C)cc(-c3ccc(OCCc4ccc(Cl)cc4)cc3)n2)cc1. The van der Waals surface area contributed by atoms with Crippen LogP contribution in [0.4, 0.5) is 11.6 Å². The highest BCUT2D eigenvalue weighted by atomic mass is 35.5. The van der Waals surface area contributed by atoms with Gasteiger partial charge in [-0.1, -0.05) is 37.6 Å². The fourth-order valence-electron chi connectivity index (χ4n) is 4.22. The molecule has 204 valence electrons. The molecule has 0 bridgehead atoms. The minimum atomic E-state index is 0.599. The molecule has 0 amide bonds. The molecule has 3 aromatic carbocycles. The molecule has 0 unspecified atom stereocenters. The number of likely N-dealkylation sites (N-methyl/N-ethyl adjacent to an activating group) is 1. The Hall–Kier alpha value is -3.61. The molecular weight excluding hydrogens is 508 g/mol. The van der Waals surface area contributed by atoms with E-state index in [2.05, 4.69) is 23.7 Å². The van der Waals surface area contributed by atoms with Gasteiger partial charge in [0, 0.05) is 42.0 Å². The molecular formula is C32H37ClN4O2. The van der Waals surface area contributed by atoms with E-state index in [9.17, 15) is 0 Å². The number of aromatic nitrogens is 2. The van der Waals surface area contributed by atoms with E-state index in [0.717, 1.165) is 65.2 Å². The van der Waals surface area contributed by atoms with Gasteiger partial charge in [0.05, 0.1) is 12.3 Å². The first kappa shape index (κ1) is 28.4. The average Bonchev–Trinajstić information content (AvgIpc) is 2.96. The summed E-state index contributed by atoms with van der Waals surface area (Å²) in [5, 5.41) is 0.744. The molecule has 0 aliphatic heterocycles. The molecule has 4 rings (SSSR count). The summed E-state index contributed by atoms with van der Waals surface area (Å²) in [6, 6.07) is 26.0. The first-order valence-electron chi connectivity index (χ1n) is 13.5. The fraction of sp³-hybridized carbons (Fsp3) is 0.312. The fourth-order valence-corrected chi connectivity index (χ4v) is 4.35. The summed E-state index contributed by atoms with van der Waals surface area (Å²) >= 11 is 5.96. The lowest BCUT2D eigenvalue weighted by molar-refractivity contribution is 0.223. The van der Waals surface area contributed by atoms with Gasteiger partial charge in [0.1, 0.15) is 18.1 Å². The van der Waals surface area contributed by atoms with Crippen LogP contribution in [0.5, 0.6) is 11.5 Å². The van der Waals surface area contributed by atoms with Gasteiger partial charge in [-0.25, -0.2) is 9.97 Å². The summed E-state index contributed by atoms with van der Waals surface area (Å²) in [7, 11) is 1.98. The van der Waals surface area contributed by atoms with Gasteiger partial charge in [-0.3, -0.25) is 0 Å². The zero-order valence-corrected chi connectivity index (χ0v) is 24.0. The Labute approximate surface area is 237 Å². The number of anilines is 2. The predicted octanol–water partition coefficient (Wildman–Crippen LogP) is 7.22. The van der Waals surface area contributed by atoms with Gasteiger partial charge in [-0.05, 0) is 92.3 Å². The maximum absolute atomic E-state index is 5.96. The van der Waals surface area contributed by atoms with Crippen LogP contribution in [0.2, 0.25) is 5.02 Å². The van der Waals surface area contributed by atoms with Crippen LogP contribution in [0, 0.1) is 6.92 Å². The van der Waals surface area contributed by atoms with Gasteiger partial charge < -0.3 is 19.3 Å². The van der Waals surface area contributed by atoms with E-state index in [1.54, 1.807) is 0 Å². The van der Waals surface area contributed by atoms with Crippen molar-refractivity contribution in [2.75, 3.05) is 44.8 Å².